The van der Waals surface area contributed by atoms with Crippen LogP contribution < -0.4 is 0 Å². The Labute approximate surface area is 275 Å². The molecule has 0 aromatic heterocycles. The van der Waals surface area contributed by atoms with Crippen molar-refractivity contribution >= 4 is 61.6 Å². The van der Waals surface area contributed by atoms with Crippen LogP contribution in [0.1, 0.15) is 57.1 Å². The topological polar surface area (TPSA) is 98.2 Å². The number of unbranched alkanes of at least 4 members (excludes halogenated alkanes) is 2. The molecular weight excluding hydrogens is 627 g/mol. The predicted molar refractivity (Wildman–Crippen MR) is 186 cm³/mol. The fourth-order valence-corrected chi connectivity index (χ4v) is 7.09. The SMILES string of the molecule is CCCCN1C(=O)C(=C/C=C/C=C2/SC(c3ccccc3)=C(c3ccccc3)N2CCCS(=O)(=O)O)C(=O)N(CCCC)C1=S. The molecule has 2 heterocycles. The summed E-state index contributed by atoms with van der Waals surface area (Å²) in [5.74, 6) is -1.13. The molecule has 0 atom stereocenters. The maximum absolute atomic E-state index is 13.4. The van der Waals surface area contributed by atoms with E-state index in [1.165, 1.54) is 9.80 Å². The number of carbonyl (C=O) groups is 2. The maximum Gasteiger partial charge on any atom is 0.265 e. The Kier molecular flexibility index (Phi) is 12.3. The van der Waals surface area contributed by atoms with Crippen LogP contribution in [0.15, 0.2) is 95.6 Å². The smallest absolute Gasteiger partial charge is 0.265 e. The summed E-state index contributed by atoms with van der Waals surface area (Å²) < 4.78 is 32.5. The number of allylic oxidation sites excluding steroid dienone is 4. The zero-order chi connectivity index (χ0) is 32.4. The van der Waals surface area contributed by atoms with E-state index in [9.17, 15) is 22.6 Å². The predicted octanol–water partition coefficient (Wildman–Crippen LogP) is 6.72. The Morgan fingerprint density at radius 2 is 1.27 bits per heavy atom. The average Bonchev–Trinajstić information content (AvgIpc) is 3.39. The molecule has 8 nitrogen and oxygen atoms in total. The third-order valence-electron chi connectivity index (χ3n) is 7.32. The number of hydrogen-bond donors (Lipinski definition) is 1. The van der Waals surface area contributed by atoms with Gasteiger partial charge in [0.25, 0.3) is 21.9 Å². The zero-order valence-corrected chi connectivity index (χ0v) is 28.0. The molecular formula is C34H39N3O5S3. The molecule has 238 valence electrons. The minimum atomic E-state index is -4.12. The van der Waals surface area contributed by atoms with Gasteiger partial charge in [-0.2, -0.15) is 8.42 Å². The number of carbonyl (C=O) groups excluding carboxylic acids is 2. The van der Waals surface area contributed by atoms with Crippen molar-refractivity contribution in [1.82, 2.24) is 14.7 Å². The number of thioether (sulfide) groups is 1. The van der Waals surface area contributed by atoms with E-state index in [0.29, 0.717) is 19.6 Å². The first-order chi connectivity index (χ1) is 21.7. The van der Waals surface area contributed by atoms with Crippen LogP contribution in [0.3, 0.4) is 0 Å². The molecule has 0 aliphatic carbocycles. The Morgan fingerprint density at radius 3 is 1.80 bits per heavy atom. The van der Waals surface area contributed by atoms with Gasteiger partial charge in [0.15, 0.2) is 5.11 Å². The molecule has 0 radical (unpaired) electrons. The molecule has 2 aliphatic heterocycles. The lowest BCUT2D eigenvalue weighted by Gasteiger charge is -2.36. The normalized spacial score (nSPS) is 17.0. The monoisotopic (exact) mass is 665 g/mol. The van der Waals surface area contributed by atoms with Gasteiger partial charge in [0.2, 0.25) is 0 Å². The van der Waals surface area contributed by atoms with Crippen LogP contribution in [0.5, 0.6) is 0 Å². The Balaban J connectivity index is 1.69. The van der Waals surface area contributed by atoms with E-state index in [-0.39, 0.29) is 34.7 Å². The van der Waals surface area contributed by atoms with E-state index in [4.69, 9.17) is 12.2 Å². The van der Waals surface area contributed by atoms with Crippen molar-refractivity contribution in [3.63, 3.8) is 0 Å². The molecule has 0 bridgehead atoms. The van der Waals surface area contributed by atoms with Gasteiger partial charge in [-0.05, 0) is 54.8 Å². The first-order valence-electron chi connectivity index (χ1n) is 15.2. The summed E-state index contributed by atoms with van der Waals surface area (Å²) in [7, 11) is -4.12. The third-order valence-corrected chi connectivity index (χ3v) is 9.77. The van der Waals surface area contributed by atoms with Crippen LogP contribution in [-0.2, 0) is 19.7 Å². The molecule has 11 heteroatoms. The second kappa shape index (κ2) is 16.2. The number of nitrogens with zero attached hydrogens (tertiary/aromatic N) is 3. The van der Waals surface area contributed by atoms with E-state index < -0.39 is 10.1 Å². The molecule has 2 aliphatic rings. The van der Waals surface area contributed by atoms with Gasteiger partial charge < -0.3 is 4.90 Å². The second-order valence-corrected chi connectivity index (χ2v) is 13.6. The fraction of sp³-hybridized carbons (Fsp3) is 0.324. The summed E-state index contributed by atoms with van der Waals surface area (Å²) in [6.07, 6.45) is 10.5. The summed E-state index contributed by atoms with van der Waals surface area (Å²) >= 11 is 7.11. The highest BCUT2D eigenvalue weighted by Crippen LogP contribution is 2.50. The lowest BCUT2D eigenvalue weighted by atomic mass is 10.1. The quantitative estimate of drug-likeness (QED) is 0.103. The number of hydrogen-bond acceptors (Lipinski definition) is 7. The van der Waals surface area contributed by atoms with Gasteiger partial charge >= 0.3 is 0 Å². The van der Waals surface area contributed by atoms with Crippen LogP contribution in [0, 0.1) is 0 Å². The minimum absolute atomic E-state index is 0.0719. The Bertz CT molecular complexity index is 1580. The molecule has 4 rings (SSSR count). The molecule has 2 amide bonds. The summed E-state index contributed by atoms with van der Waals surface area (Å²) in [5, 5.41) is 1.11. The summed E-state index contributed by atoms with van der Waals surface area (Å²) in [6.45, 7) is 5.35. The summed E-state index contributed by atoms with van der Waals surface area (Å²) in [6, 6.07) is 19.8. The fourth-order valence-electron chi connectivity index (χ4n) is 5.02. The van der Waals surface area contributed by atoms with Crippen molar-refractivity contribution in [3.8, 4) is 0 Å². The molecule has 1 fully saturated rings. The van der Waals surface area contributed by atoms with E-state index in [1.807, 2.05) is 80.6 Å². The zero-order valence-electron chi connectivity index (χ0n) is 25.6. The van der Waals surface area contributed by atoms with Crippen LogP contribution in [-0.4, -0.2) is 70.0 Å². The lowest BCUT2D eigenvalue weighted by molar-refractivity contribution is -0.133. The van der Waals surface area contributed by atoms with Crippen molar-refractivity contribution in [2.45, 2.75) is 46.0 Å². The van der Waals surface area contributed by atoms with Crippen molar-refractivity contribution in [3.05, 3.63) is 107 Å². The first-order valence-corrected chi connectivity index (χ1v) is 18.0. The maximum atomic E-state index is 13.4. The van der Waals surface area contributed by atoms with Gasteiger partial charge in [-0.1, -0.05) is 111 Å². The molecule has 2 aromatic rings. The van der Waals surface area contributed by atoms with Crippen LogP contribution in [0.25, 0.3) is 10.6 Å². The molecule has 1 N–H and O–H groups in total. The Morgan fingerprint density at radius 1 is 0.756 bits per heavy atom. The summed E-state index contributed by atoms with van der Waals surface area (Å²) in [4.78, 5) is 32.8. The Hall–Kier alpha value is -3.51. The number of rotatable bonds is 14. The second-order valence-electron chi connectivity index (χ2n) is 10.7. The lowest BCUT2D eigenvalue weighted by Crippen LogP contribution is -2.56. The van der Waals surface area contributed by atoms with Gasteiger partial charge in [0.1, 0.15) is 5.57 Å². The van der Waals surface area contributed by atoms with E-state index in [0.717, 1.165) is 52.4 Å². The average molecular weight is 666 g/mol. The highest BCUT2D eigenvalue weighted by molar-refractivity contribution is 8.12. The summed E-state index contributed by atoms with van der Waals surface area (Å²) in [5.41, 5.74) is 3.00. The minimum Gasteiger partial charge on any atom is -0.334 e. The molecule has 0 unspecified atom stereocenters. The van der Waals surface area contributed by atoms with E-state index in [1.54, 1.807) is 30.0 Å². The molecule has 45 heavy (non-hydrogen) atoms. The molecule has 2 aromatic carbocycles. The van der Waals surface area contributed by atoms with Crippen LogP contribution in [0.4, 0.5) is 0 Å². The van der Waals surface area contributed by atoms with Crippen molar-refractivity contribution in [2.75, 3.05) is 25.4 Å². The van der Waals surface area contributed by atoms with Gasteiger partial charge in [-0.3, -0.25) is 23.9 Å². The standard InChI is InChI=1S/C34H39N3O5S3/c1-3-5-22-36-32(38)28(33(39)37(34(36)43)23-6-4-2)20-13-14-21-29-35(24-15-25-45(40,41)42)30(26-16-9-7-10-17-26)31(44-29)27-18-11-8-12-19-27/h7-14,16-21H,3-6,15,22-25H2,1-2H3,(H,40,41,42)/b14-13+,29-21+. The van der Waals surface area contributed by atoms with Crippen molar-refractivity contribution in [1.29, 1.82) is 0 Å². The molecule has 1 saturated heterocycles. The van der Waals surface area contributed by atoms with Gasteiger partial charge in [-0.25, -0.2) is 0 Å². The van der Waals surface area contributed by atoms with Crippen LogP contribution in [0.2, 0.25) is 0 Å². The highest BCUT2D eigenvalue weighted by atomic mass is 32.2. The van der Waals surface area contributed by atoms with Crippen molar-refractivity contribution < 1.29 is 22.6 Å². The number of thiocarbonyl (C=S) groups is 1. The first kappa shape index (κ1) is 34.4. The van der Waals surface area contributed by atoms with Gasteiger partial charge in [0, 0.05) is 24.5 Å². The largest absolute Gasteiger partial charge is 0.334 e. The number of benzene rings is 2. The van der Waals surface area contributed by atoms with E-state index >= 15 is 0 Å². The van der Waals surface area contributed by atoms with Gasteiger partial charge in [0.05, 0.1) is 16.5 Å². The highest BCUT2D eigenvalue weighted by Gasteiger charge is 2.38. The third kappa shape index (κ3) is 8.82. The number of amides is 2. The molecule has 0 saturated carbocycles. The van der Waals surface area contributed by atoms with Gasteiger partial charge in [-0.15, -0.1) is 0 Å². The molecule has 0 spiro atoms. The van der Waals surface area contributed by atoms with Crippen LogP contribution >= 0.6 is 24.0 Å². The van der Waals surface area contributed by atoms with Crippen molar-refractivity contribution in [2.24, 2.45) is 0 Å². The van der Waals surface area contributed by atoms with E-state index in [2.05, 4.69) is 4.90 Å².